The van der Waals surface area contributed by atoms with Gasteiger partial charge in [-0.2, -0.15) is 0 Å². The van der Waals surface area contributed by atoms with Crippen LogP contribution in [0.1, 0.15) is 0 Å². The normalized spacial score (nSPS) is 12.6. The fraction of sp³-hybridized carbons (Fsp3) is 0. The van der Waals surface area contributed by atoms with E-state index >= 15 is 0 Å². The van der Waals surface area contributed by atoms with E-state index in [0.29, 0.717) is 0 Å². The zero-order valence-electron chi connectivity index (χ0n) is 48.6. The lowest BCUT2D eigenvalue weighted by atomic mass is 9.33. The van der Waals surface area contributed by atoms with Gasteiger partial charge in [0.25, 0.3) is 6.71 Å². The number of benzene rings is 14. The summed E-state index contributed by atoms with van der Waals surface area (Å²) in [5.41, 5.74) is 25.8. The molecule has 14 aromatic carbocycles. The van der Waals surface area contributed by atoms with Crippen LogP contribution >= 0.6 is 22.7 Å². The maximum atomic E-state index is 7.59. The molecule has 6 heteroatoms. The summed E-state index contributed by atoms with van der Waals surface area (Å²) in [7, 11) is 0. The zero-order valence-corrected chi connectivity index (χ0v) is 50.3. The van der Waals surface area contributed by atoms with Gasteiger partial charge in [-0.1, -0.05) is 261 Å². The van der Waals surface area contributed by atoms with Crippen LogP contribution in [0.4, 0.5) is 34.1 Å². The maximum Gasteiger partial charge on any atom is 0.252 e. The fourth-order valence-corrected chi connectivity index (χ4v) is 17.1. The molecule has 0 atom stereocenters. The molecule has 19 rings (SSSR count). The van der Waals surface area contributed by atoms with Crippen LogP contribution in [0.2, 0.25) is 0 Å². The van der Waals surface area contributed by atoms with Crippen molar-refractivity contribution in [2.45, 2.75) is 0 Å². The first-order valence-corrected chi connectivity index (χ1v) is 32.5. The summed E-state index contributed by atoms with van der Waals surface area (Å²) in [6, 6.07) is 115. The summed E-state index contributed by atoms with van der Waals surface area (Å²) in [6.07, 6.45) is 0. The van der Waals surface area contributed by atoms with E-state index in [0.717, 1.165) is 101 Å². The first kappa shape index (κ1) is 51.1. The highest BCUT2D eigenvalue weighted by molar-refractivity contribution is 7.26. The van der Waals surface area contributed by atoms with E-state index in [4.69, 9.17) is 4.42 Å². The van der Waals surface area contributed by atoms with Gasteiger partial charge in [-0.25, -0.2) is 0 Å². The molecule has 0 saturated heterocycles. The molecule has 0 unspecified atom stereocenters. The molecule has 17 aromatic rings. The molecule has 2 aliphatic heterocycles. The lowest BCUT2D eigenvalue weighted by molar-refractivity contribution is 0.669. The van der Waals surface area contributed by atoms with E-state index in [9.17, 15) is 0 Å². The van der Waals surface area contributed by atoms with E-state index < -0.39 is 0 Å². The van der Waals surface area contributed by atoms with Crippen LogP contribution in [0.5, 0.6) is 0 Å². The minimum atomic E-state index is -0.232. The monoisotopic (exact) mass is 1180 g/mol. The topological polar surface area (TPSA) is 19.6 Å². The maximum absolute atomic E-state index is 7.59. The molecule has 3 nitrogen and oxygen atoms in total. The van der Waals surface area contributed by atoms with Crippen molar-refractivity contribution in [2.75, 3.05) is 9.80 Å². The van der Waals surface area contributed by atoms with Gasteiger partial charge in [0.05, 0.1) is 17.1 Å². The Hall–Kier alpha value is -11.0. The molecule has 0 amide bonds. The summed E-state index contributed by atoms with van der Waals surface area (Å²) in [5.74, 6) is 0. The molecule has 90 heavy (non-hydrogen) atoms. The van der Waals surface area contributed by atoms with Crippen molar-refractivity contribution in [3.05, 3.63) is 309 Å². The number of hydrogen-bond acceptors (Lipinski definition) is 5. The third kappa shape index (κ3) is 7.85. The lowest BCUT2D eigenvalue weighted by Gasteiger charge is -2.45. The van der Waals surface area contributed by atoms with Crippen molar-refractivity contribution in [1.29, 1.82) is 0 Å². The van der Waals surface area contributed by atoms with Crippen LogP contribution in [0.3, 0.4) is 0 Å². The van der Waals surface area contributed by atoms with Gasteiger partial charge in [0.1, 0.15) is 5.58 Å². The molecule has 418 valence electrons. The van der Waals surface area contributed by atoms with Gasteiger partial charge in [0.2, 0.25) is 0 Å². The molecule has 0 radical (unpaired) electrons. The number of hydrogen-bond donors (Lipinski definition) is 0. The Labute approximate surface area is 528 Å². The average molecular weight is 1180 g/mol. The molecule has 0 bridgehead atoms. The van der Waals surface area contributed by atoms with Gasteiger partial charge >= 0.3 is 0 Å². The average Bonchev–Trinajstić information content (AvgIpc) is 1.13. The van der Waals surface area contributed by atoms with Gasteiger partial charge in [0.15, 0.2) is 5.58 Å². The highest BCUT2D eigenvalue weighted by Gasteiger charge is 2.47. The van der Waals surface area contributed by atoms with Gasteiger partial charge in [-0.3, -0.25) is 0 Å². The van der Waals surface area contributed by atoms with Crippen molar-refractivity contribution in [2.24, 2.45) is 0 Å². The molecule has 0 saturated carbocycles. The summed E-state index contributed by atoms with van der Waals surface area (Å²) >= 11 is 3.78. The van der Waals surface area contributed by atoms with E-state index in [1.807, 2.05) is 22.7 Å². The number of furan rings is 1. The quantitative estimate of drug-likeness (QED) is 0.141. The van der Waals surface area contributed by atoms with Gasteiger partial charge < -0.3 is 14.2 Å². The van der Waals surface area contributed by atoms with Crippen molar-refractivity contribution < 1.29 is 4.42 Å². The number of anilines is 6. The number of thiophene rings is 2. The predicted molar refractivity (Wildman–Crippen MR) is 386 cm³/mol. The minimum absolute atomic E-state index is 0.232. The first-order valence-electron chi connectivity index (χ1n) is 30.8. The predicted octanol–water partition coefficient (Wildman–Crippen LogP) is 22.4. The molecular weight excluding hydrogens is 1130 g/mol. The third-order valence-electron chi connectivity index (χ3n) is 18.9. The SMILES string of the molecule is c1ccc(-c2ccc(-c3cccc(-c4ccc(-c5ccccc5)cc4)c3N3c4cc5c(cc4B4c6cc7sc8ccccc8c7cc6N(c6c(-c7ccccc7)cccc6-c6ccccc6)c6c4c3cc3c6oc4ccccc43)sc3ccccc35)cc2)cc1. The lowest BCUT2D eigenvalue weighted by Crippen LogP contribution is -2.61. The summed E-state index contributed by atoms with van der Waals surface area (Å²) in [6.45, 7) is -0.232. The highest BCUT2D eigenvalue weighted by Crippen LogP contribution is 2.57. The minimum Gasteiger partial charge on any atom is -0.454 e. The number of fused-ring (bicyclic) bond motifs is 14. The van der Waals surface area contributed by atoms with E-state index in [1.165, 1.54) is 79.0 Å². The standard InChI is InChI=1S/C84H51BN2OS2/c1-5-21-52(22-6-1)54-39-43-58(44-40-54)62-34-20-35-63(59-45-41-55(42-46-59)53-23-7-2-8-24-53)81(62)86-72-47-67-65-30-14-17-37-76(65)89-78(67)50-70(72)85-71-51-79-68(66-31-15-18-38-77(66)90-79)48-73(71)87(83-80(85)74(86)49-69-64-29-13-16-36-75(64)88-84(69)83)82-60(56-25-9-3-10-26-56)32-19-33-61(82)57-27-11-4-12-28-57/h1-51H. The molecular formula is C84H51BN2OS2. The second-order valence-corrected chi connectivity index (χ2v) is 25.9. The summed E-state index contributed by atoms with van der Waals surface area (Å²) in [4.78, 5) is 5.32. The van der Waals surface area contributed by atoms with Crippen molar-refractivity contribution >= 4 is 142 Å². The van der Waals surface area contributed by atoms with Crippen LogP contribution in [0.25, 0.3) is 129 Å². The number of rotatable bonds is 8. The van der Waals surface area contributed by atoms with Crippen molar-refractivity contribution in [1.82, 2.24) is 0 Å². The Morgan fingerprint density at radius 1 is 0.256 bits per heavy atom. The Bertz CT molecular complexity index is 5560. The Morgan fingerprint density at radius 3 is 1.11 bits per heavy atom. The summed E-state index contributed by atoms with van der Waals surface area (Å²) < 4.78 is 12.7. The molecule has 0 N–H and O–H groups in total. The van der Waals surface area contributed by atoms with Crippen LogP contribution in [-0.4, -0.2) is 6.71 Å². The van der Waals surface area contributed by atoms with Crippen LogP contribution < -0.4 is 26.2 Å². The van der Waals surface area contributed by atoms with Crippen LogP contribution in [0, 0.1) is 0 Å². The molecule has 0 spiro atoms. The van der Waals surface area contributed by atoms with Gasteiger partial charge in [-0.05, 0) is 109 Å². The second kappa shape index (κ2) is 20.3. The Balaban J connectivity index is 0.995. The largest absolute Gasteiger partial charge is 0.454 e. The molecule has 3 aromatic heterocycles. The van der Waals surface area contributed by atoms with Gasteiger partial charge in [0, 0.05) is 90.4 Å². The van der Waals surface area contributed by atoms with E-state index in [1.54, 1.807) is 0 Å². The first-order chi connectivity index (χ1) is 44.6. The summed E-state index contributed by atoms with van der Waals surface area (Å²) in [5, 5.41) is 7.13. The Morgan fingerprint density at radius 2 is 0.622 bits per heavy atom. The van der Waals surface area contributed by atoms with E-state index in [-0.39, 0.29) is 6.71 Å². The molecule has 0 fully saturated rings. The van der Waals surface area contributed by atoms with Crippen molar-refractivity contribution in [3.63, 3.8) is 0 Å². The van der Waals surface area contributed by atoms with Gasteiger partial charge in [-0.15, -0.1) is 22.7 Å². The molecule has 5 heterocycles. The molecule has 0 aliphatic carbocycles. The van der Waals surface area contributed by atoms with Crippen LogP contribution in [0.15, 0.2) is 314 Å². The van der Waals surface area contributed by atoms with Crippen molar-refractivity contribution in [3.8, 4) is 66.8 Å². The number of nitrogens with zero attached hydrogens (tertiary/aromatic N) is 2. The third-order valence-corrected chi connectivity index (χ3v) is 21.1. The Kier molecular flexibility index (Phi) is 11.5. The van der Waals surface area contributed by atoms with Crippen LogP contribution in [-0.2, 0) is 0 Å². The molecule has 2 aliphatic rings. The smallest absolute Gasteiger partial charge is 0.252 e. The fourth-order valence-electron chi connectivity index (χ4n) is 14.8. The second-order valence-electron chi connectivity index (χ2n) is 23.8. The zero-order chi connectivity index (χ0) is 59.0. The van der Waals surface area contributed by atoms with E-state index in [2.05, 4.69) is 319 Å². The number of para-hydroxylation sites is 3. The highest BCUT2D eigenvalue weighted by atomic mass is 32.1.